The maximum atomic E-state index is 12.7. The molecule has 7 unspecified atom stereocenters. The number of nitrogen functional groups attached to an aromatic ring is 1. The molecule has 3 rings (SSSR count). The molecular formula is C31H50N7O17P3S. The van der Waals surface area contributed by atoms with Gasteiger partial charge >= 0.3 is 23.5 Å². The van der Waals surface area contributed by atoms with E-state index in [0.717, 1.165) is 47.4 Å². The summed E-state index contributed by atoms with van der Waals surface area (Å²) in [5, 5.41) is 26.3. The van der Waals surface area contributed by atoms with E-state index >= 15 is 0 Å². The molecule has 7 atom stereocenters. The molecule has 0 spiro atoms. The van der Waals surface area contributed by atoms with Gasteiger partial charge in [-0.2, -0.15) is 4.31 Å². The molecule has 0 radical (unpaired) electrons. The third kappa shape index (κ3) is 16.4. The van der Waals surface area contributed by atoms with E-state index in [9.17, 15) is 57.9 Å². The number of carbonyl (C=O) groups is 3. The summed E-state index contributed by atoms with van der Waals surface area (Å²) in [6.45, 7) is 6.34. The van der Waals surface area contributed by atoms with Gasteiger partial charge < -0.3 is 50.9 Å². The van der Waals surface area contributed by atoms with Crippen LogP contribution in [-0.4, -0.2) is 123 Å². The fourth-order valence-electron chi connectivity index (χ4n) is 5.19. The van der Waals surface area contributed by atoms with E-state index in [-0.39, 0.29) is 41.6 Å². The Morgan fingerprint density at radius 2 is 1.71 bits per heavy atom. The highest BCUT2D eigenvalue weighted by Crippen LogP contribution is 2.61. The first kappa shape index (κ1) is 50.4. The van der Waals surface area contributed by atoms with Crippen molar-refractivity contribution in [3.8, 4) is 0 Å². The second kappa shape index (κ2) is 21.7. The molecule has 24 nitrogen and oxygen atoms in total. The molecule has 1 saturated heterocycles. The summed E-state index contributed by atoms with van der Waals surface area (Å²) in [5.74, 6) is -1.14. The number of aromatic nitrogens is 4. The molecule has 1 fully saturated rings. The zero-order valence-corrected chi connectivity index (χ0v) is 36.1. The molecule has 332 valence electrons. The third-order valence-corrected chi connectivity index (χ3v) is 12.1. The minimum atomic E-state index is -5.57. The molecule has 1 aliphatic rings. The quantitative estimate of drug-likeness (QED) is 0.0329. The number of ether oxygens (including phenoxy) is 1. The van der Waals surface area contributed by atoms with E-state index in [1.54, 1.807) is 6.08 Å². The molecule has 2 amide bonds. The van der Waals surface area contributed by atoms with Gasteiger partial charge in [-0.05, 0) is 39.7 Å². The number of imidazole rings is 1. The molecule has 1 aliphatic heterocycles. The largest absolute Gasteiger partial charge is 0.481 e. The van der Waals surface area contributed by atoms with Crippen molar-refractivity contribution >= 4 is 69.1 Å². The van der Waals surface area contributed by atoms with Crippen LogP contribution in [0.25, 0.3) is 11.2 Å². The molecular weight excluding hydrogens is 867 g/mol. The first-order chi connectivity index (χ1) is 27.3. The lowest BCUT2D eigenvalue weighted by atomic mass is 9.87. The lowest BCUT2D eigenvalue weighted by Crippen LogP contribution is -2.46. The van der Waals surface area contributed by atoms with E-state index in [2.05, 4.69) is 40.5 Å². The number of nitrogens with one attached hydrogen (secondary N) is 2. The smallest absolute Gasteiger partial charge is 0.386 e. The highest BCUT2D eigenvalue weighted by atomic mass is 32.2. The van der Waals surface area contributed by atoms with E-state index in [0.29, 0.717) is 5.75 Å². The normalized spacial score (nSPS) is 21.4. The number of thioether (sulfide) groups is 1. The van der Waals surface area contributed by atoms with Crippen molar-refractivity contribution in [2.75, 3.05) is 37.8 Å². The van der Waals surface area contributed by atoms with Crippen LogP contribution < -0.4 is 16.4 Å². The predicted octanol–water partition coefficient (Wildman–Crippen LogP) is 1.36. The van der Waals surface area contributed by atoms with Crippen molar-refractivity contribution in [2.24, 2.45) is 5.41 Å². The number of nitrogens with two attached hydrogens (primary N) is 1. The van der Waals surface area contributed by atoms with Crippen molar-refractivity contribution in [3.63, 3.8) is 0 Å². The number of allylic oxidation sites excluding steroid dienone is 3. The molecule has 0 aromatic carbocycles. The highest BCUT2D eigenvalue weighted by Gasteiger charge is 2.50. The van der Waals surface area contributed by atoms with Gasteiger partial charge in [-0.25, -0.2) is 28.6 Å². The van der Waals surface area contributed by atoms with Crippen LogP contribution in [0.4, 0.5) is 5.82 Å². The van der Waals surface area contributed by atoms with Crippen molar-refractivity contribution in [3.05, 3.63) is 36.0 Å². The van der Waals surface area contributed by atoms with Crippen LogP contribution in [0.1, 0.15) is 60.1 Å². The van der Waals surface area contributed by atoms with Gasteiger partial charge in [0.1, 0.15) is 36.3 Å². The Balaban J connectivity index is 1.45. The molecule has 59 heavy (non-hydrogen) atoms. The first-order valence-electron chi connectivity index (χ1n) is 17.7. The van der Waals surface area contributed by atoms with Gasteiger partial charge in [0.25, 0.3) is 0 Å². The third-order valence-electron chi connectivity index (χ3n) is 8.20. The summed E-state index contributed by atoms with van der Waals surface area (Å²) in [6, 6.07) is 0. The number of phosphoric ester groups is 3. The lowest BCUT2D eigenvalue weighted by Gasteiger charge is -2.30. The SMILES string of the molecule is CC(C)=CCC/C(C)=C\C(=O)SCCNC(=O)CCNC(=O)C(O)C(C)(C)COP(=O)(O)OP(=O)(O)OCC1OC(n2cnc3c(N)ncnc32)C(O)C1OP(=O)(O)O. The van der Waals surface area contributed by atoms with Crippen molar-refractivity contribution < 1.29 is 80.5 Å². The number of amides is 2. The molecule has 0 bridgehead atoms. The molecule has 3 heterocycles. The van der Waals surface area contributed by atoms with Gasteiger partial charge in [0.05, 0.1) is 19.5 Å². The maximum absolute atomic E-state index is 12.7. The summed E-state index contributed by atoms with van der Waals surface area (Å²) in [6.07, 6.45) is -1.68. The average molecular weight is 918 g/mol. The fourth-order valence-corrected chi connectivity index (χ4v) is 8.70. The van der Waals surface area contributed by atoms with Crippen LogP contribution in [-0.2, 0) is 50.7 Å². The topological polar surface area (TPSA) is 364 Å². The van der Waals surface area contributed by atoms with Crippen LogP contribution >= 0.6 is 35.2 Å². The summed E-state index contributed by atoms with van der Waals surface area (Å²) in [7, 11) is -16.4. The second-order valence-electron chi connectivity index (χ2n) is 14.0. The monoisotopic (exact) mass is 917 g/mol. The molecule has 0 aliphatic carbocycles. The van der Waals surface area contributed by atoms with Crippen LogP contribution in [0, 0.1) is 5.41 Å². The van der Waals surface area contributed by atoms with E-state index in [4.69, 9.17) is 19.5 Å². The minimum Gasteiger partial charge on any atom is -0.386 e. The van der Waals surface area contributed by atoms with E-state index < -0.39 is 84.6 Å². The Kier molecular flexibility index (Phi) is 18.5. The molecule has 2 aromatic rings. The zero-order chi connectivity index (χ0) is 44.3. The van der Waals surface area contributed by atoms with Crippen LogP contribution in [0.2, 0.25) is 0 Å². The first-order valence-corrected chi connectivity index (χ1v) is 23.2. The number of anilines is 1. The number of fused-ring (bicyclic) bond motifs is 1. The zero-order valence-electron chi connectivity index (χ0n) is 32.6. The van der Waals surface area contributed by atoms with Gasteiger partial charge in [-0.1, -0.05) is 42.8 Å². The fraction of sp³-hybridized carbons (Fsp3) is 0.613. The number of hydrogen-bond donors (Lipinski definition) is 9. The van der Waals surface area contributed by atoms with Gasteiger partial charge in [0.2, 0.25) is 16.9 Å². The van der Waals surface area contributed by atoms with E-state index in [1.807, 2.05) is 20.8 Å². The standard InChI is InChI=1S/C31H50N7O17P3S/c1-18(2)7-6-8-19(3)13-22(40)59-12-11-33-21(39)9-10-34-29(43)26(42)31(4,5)15-52-58(49,50)55-57(47,48)51-14-20-25(54-56(44,45)46)24(41)30(53-20)38-17-37-23-27(32)35-16-36-28(23)38/h7,13,16-17,20,24-26,30,41-42H,6,8-12,14-15H2,1-5H3,(H,33,39)(H,34,43)(H,47,48)(H,49,50)(H2,32,35,36)(H2,44,45,46)/b19-13-. The Morgan fingerprint density at radius 1 is 1.03 bits per heavy atom. The van der Waals surface area contributed by atoms with Gasteiger partial charge in [0.15, 0.2) is 17.7 Å². The number of phosphoric acid groups is 3. The Hall–Kier alpha value is -2.96. The number of nitrogens with zero attached hydrogens (tertiary/aromatic N) is 4. The number of hydrogen-bond acceptors (Lipinski definition) is 18. The number of carbonyl (C=O) groups excluding carboxylic acids is 3. The Bertz CT molecular complexity index is 2010. The van der Waals surface area contributed by atoms with Crippen molar-refractivity contribution in [2.45, 2.75) is 84.5 Å². The number of aliphatic hydroxyl groups is 2. The summed E-state index contributed by atoms with van der Waals surface area (Å²) >= 11 is 1.05. The van der Waals surface area contributed by atoms with Gasteiger partial charge in [-0.3, -0.25) is 32.5 Å². The second-order valence-corrected chi connectivity index (χ2v) is 19.4. The highest BCUT2D eigenvalue weighted by molar-refractivity contribution is 8.14. The van der Waals surface area contributed by atoms with Gasteiger partial charge in [0, 0.05) is 30.7 Å². The molecule has 2 aromatic heterocycles. The van der Waals surface area contributed by atoms with E-state index in [1.165, 1.54) is 19.4 Å². The summed E-state index contributed by atoms with van der Waals surface area (Å²) in [4.78, 5) is 87.9. The number of aliphatic hydroxyl groups excluding tert-OH is 2. The van der Waals surface area contributed by atoms with Crippen LogP contribution in [0.15, 0.2) is 36.0 Å². The number of rotatable bonds is 23. The van der Waals surface area contributed by atoms with Gasteiger partial charge in [-0.15, -0.1) is 0 Å². The molecule has 0 saturated carbocycles. The minimum absolute atomic E-state index is 0.0299. The molecule has 10 N–H and O–H groups in total. The van der Waals surface area contributed by atoms with Crippen molar-refractivity contribution in [1.29, 1.82) is 0 Å². The van der Waals surface area contributed by atoms with Crippen molar-refractivity contribution in [1.82, 2.24) is 30.2 Å². The van der Waals surface area contributed by atoms with Crippen LogP contribution in [0.3, 0.4) is 0 Å². The Morgan fingerprint density at radius 3 is 2.37 bits per heavy atom. The summed E-state index contributed by atoms with van der Waals surface area (Å²) < 4.78 is 62.2. The Labute approximate surface area is 342 Å². The molecule has 28 heteroatoms. The maximum Gasteiger partial charge on any atom is 0.481 e. The predicted molar refractivity (Wildman–Crippen MR) is 210 cm³/mol. The summed E-state index contributed by atoms with van der Waals surface area (Å²) in [5.41, 5.74) is 6.40. The average Bonchev–Trinajstić information content (AvgIpc) is 3.67. The van der Waals surface area contributed by atoms with Crippen LogP contribution in [0.5, 0.6) is 0 Å². The lowest BCUT2D eigenvalue weighted by molar-refractivity contribution is -0.137.